The van der Waals surface area contributed by atoms with Crippen molar-refractivity contribution in [2.75, 3.05) is 18.5 Å². The lowest BCUT2D eigenvalue weighted by atomic mass is 9.94. The number of amides is 2. The van der Waals surface area contributed by atoms with Gasteiger partial charge in [0, 0.05) is 24.9 Å². The fourth-order valence-electron chi connectivity index (χ4n) is 2.48. The smallest absolute Gasteiger partial charge is 0.319 e. The normalized spacial score (nSPS) is 21.8. The summed E-state index contributed by atoms with van der Waals surface area (Å²) in [5.74, 6) is 0. The minimum absolute atomic E-state index is 0.176. The first kappa shape index (κ1) is 15.8. The molecule has 0 aliphatic heterocycles. The van der Waals surface area contributed by atoms with Crippen molar-refractivity contribution >= 4 is 11.7 Å². The van der Waals surface area contributed by atoms with Gasteiger partial charge in [0.15, 0.2) is 0 Å². The summed E-state index contributed by atoms with van der Waals surface area (Å²) >= 11 is 0. The Morgan fingerprint density at radius 3 is 2.62 bits per heavy atom. The van der Waals surface area contributed by atoms with Crippen LogP contribution in [0.15, 0.2) is 30.3 Å². The molecule has 4 N–H and O–H groups in total. The Hall–Kier alpha value is -1.59. The van der Waals surface area contributed by atoms with Crippen LogP contribution in [0.4, 0.5) is 10.5 Å². The van der Waals surface area contributed by atoms with Gasteiger partial charge in [-0.2, -0.15) is 0 Å². The minimum Gasteiger partial charge on any atom is -0.378 e. The lowest BCUT2D eigenvalue weighted by Crippen LogP contribution is -2.32. The van der Waals surface area contributed by atoms with E-state index in [1.165, 1.54) is 0 Å². The molecule has 116 valence electrons. The Kier molecular flexibility index (Phi) is 6.50. The van der Waals surface area contributed by atoms with Crippen LogP contribution in [0.1, 0.15) is 32.1 Å². The topological polar surface area (TPSA) is 76.4 Å². The number of para-hydroxylation sites is 1. The lowest BCUT2D eigenvalue weighted by Gasteiger charge is -2.26. The monoisotopic (exact) mass is 291 g/mol. The maximum absolute atomic E-state index is 11.6. The summed E-state index contributed by atoms with van der Waals surface area (Å²) in [5.41, 5.74) is 6.66. The average molecular weight is 291 g/mol. The molecule has 1 saturated carbocycles. The first-order valence-corrected chi connectivity index (χ1v) is 7.71. The number of hydrogen-bond acceptors (Lipinski definition) is 3. The Labute approximate surface area is 126 Å². The Balaban J connectivity index is 1.50. The molecular weight excluding hydrogens is 266 g/mol. The fraction of sp³-hybridized carbons (Fsp3) is 0.562. The molecular formula is C16H25N3O2. The lowest BCUT2D eigenvalue weighted by molar-refractivity contribution is 0.0243. The van der Waals surface area contributed by atoms with Crippen LogP contribution < -0.4 is 16.4 Å². The Morgan fingerprint density at radius 2 is 1.90 bits per heavy atom. The molecule has 1 aliphatic carbocycles. The summed E-state index contributed by atoms with van der Waals surface area (Å²) in [7, 11) is 0. The number of urea groups is 1. The molecule has 21 heavy (non-hydrogen) atoms. The molecule has 5 heteroatoms. The van der Waals surface area contributed by atoms with Gasteiger partial charge in [0.25, 0.3) is 0 Å². The molecule has 1 fully saturated rings. The Bertz CT molecular complexity index is 417. The van der Waals surface area contributed by atoms with Crippen LogP contribution in [-0.4, -0.2) is 31.3 Å². The van der Waals surface area contributed by atoms with Gasteiger partial charge < -0.3 is 21.1 Å². The van der Waals surface area contributed by atoms with E-state index in [0.29, 0.717) is 25.3 Å². The predicted molar refractivity (Wildman–Crippen MR) is 84.3 cm³/mol. The number of rotatable bonds is 6. The predicted octanol–water partition coefficient (Wildman–Crippen LogP) is 2.48. The average Bonchev–Trinajstić information content (AvgIpc) is 2.50. The largest absolute Gasteiger partial charge is 0.378 e. The molecule has 0 bridgehead atoms. The first-order valence-electron chi connectivity index (χ1n) is 7.71. The molecule has 1 aromatic carbocycles. The summed E-state index contributed by atoms with van der Waals surface area (Å²) in [6.07, 6.45) is 5.41. The third kappa shape index (κ3) is 6.14. The maximum Gasteiger partial charge on any atom is 0.319 e. The van der Waals surface area contributed by atoms with Crippen LogP contribution in [-0.2, 0) is 4.74 Å². The second-order valence-electron chi connectivity index (χ2n) is 5.51. The van der Waals surface area contributed by atoms with Crippen LogP contribution in [0, 0.1) is 0 Å². The number of benzene rings is 1. The van der Waals surface area contributed by atoms with Crippen LogP contribution in [0.5, 0.6) is 0 Å². The van der Waals surface area contributed by atoms with Crippen molar-refractivity contribution in [3.63, 3.8) is 0 Å². The fourth-order valence-corrected chi connectivity index (χ4v) is 2.48. The summed E-state index contributed by atoms with van der Waals surface area (Å²) in [6, 6.07) is 9.59. The second kappa shape index (κ2) is 8.64. The molecule has 1 aromatic rings. The first-order chi connectivity index (χ1) is 10.2. The summed E-state index contributed by atoms with van der Waals surface area (Å²) in [4.78, 5) is 11.6. The van der Waals surface area contributed by atoms with Crippen molar-refractivity contribution in [3.8, 4) is 0 Å². The quantitative estimate of drug-likeness (QED) is 0.705. The van der Waals surface area contributed by atoms with Crippen LogP contribution in [0.3, 0.4) is 0 Å². The number of nitrogens with one attached hydrogen (secondary N) is 2. The van der Waals surface area contributed by atoms with Crippen molar-refractivity contribution in [2.24, 2.45) is 5.73 Å². The highest BCUT2D eigenvalue weighted by atomic mass is 16.5. The second-order valence-corrected chi connectivity index (χ2v) is 5.51. The molecule has 0 atom stereocenters. The van der Waals surface area contributed by atoms with E-state index >= 15 is 0 Å². The van der Waals surface area contributed by atoms with Gasteiger partial charge >= 0.3 is 6.03 Å². The van der Waals surface area contributed by atoms with Gasteiger partial charge in [0.05, 0.1) is 6.10 Å². The van der Waals surface area contributed by atoms with Gasteiger partial charge in [-0.3, -0.25) is 0 Å². The van der Waals surface area contributed by atoms with Crippen molar-refractivity contribution in [1.82, 2.24) is 5.32 Å². The third-order valence-electron chi connectivity index (χ3n) is 3.71. The zero-order chi connectivity index (χ0) is 14.9. The number of ether oxygens (including phenoxy) is 1. The maximum atomic E-state index is 11.6. The van der Waals surface area contributed by atoms with E-state index in [0.717, 1.165) is 37.8 Å². The molecule has 2 amide bonds. The molecule has 0 unspecified atom stereocenters. The standard InChI is InChI=1S/C16H25N3O2/c17-13-7-9-15(10-8-13)21-12-4-11-18-16(20)19-14-5-2-1-3-6-14/h1-3,5-6,13,15H,4,7-12,17H2,(H2,18,19,20). The van der Waals surface area contributed by atoms with Crippen LogP contribution in [0.2, 0.25) is 0 Å². The zero-order valence-corrected chi connectivity index (χ0v) is 12.4. The number of nitrogens with two attached hydrogens (primary N) is 1. The molecule has 0 saturated heterocycles. The number of carbonyl (C=O) groups excluding carboxylic acids is 1. The highest BCUT2D eigenvalue weighted by molar-refractivity contribution is 5.89. The van der Waals surface area contributed by atoms with Crippen molar-refractivity contribution < 1.29 is 9.53 Å². The number of hydrogen-bond donors (Lipinski definition) is 3. The molecule has 0 aromatic heterocycles. The van der Waals surface area contributed by atoms with E-state index in [1.54, 1.807) is 0 Å². The van der Waals surface area contributed by atoms with E-state index in [9.17, 15) is 4.79 Å². The van der Waals surface area contributed by atoms with Crippen molar-refractivity contribution in [1.29, 1.82) is 0 Å². The summed E-state index contributed by atoms with van der Waals surface area (Å²) in [6.45, 7) is 1.30. The molecule has 2 rings (SSSR count). The SMILES string of the molecule is NC1CCC(OCCCNC(=O)Nc2ccccc2)CC1. The van der Waals surface area contributed by atoms with E-state index in [1.807, 2.05) is 30.3 Å². The zero-order valence-electron chi connectivity index (χ0n) is 12.4. The van der Waals surface area contributed by atoms with Crippen LogP contribution in [0.25, 0.3) is 0 Å². The number of carbonyl (C=O) groups is 1. The number of anilines is 1. The van der Waals surface area contributed by atoms with Gasteiger partial charge in [0.2, 0.25) is 0 Å². The van der Waals surface area contributed by atoms with Crippen molar-refractivity contribution in [2.45, 2.75) is 44.2 Å². The minimum atomic E-state index is -0.176. The summed E-state index contributed by atoms with van der Waals surface area (Å²) in [5, 5.41) is 5.61. The molecule has 1 aliphatic rings. The van der Waals surface area contributed by atoms with Gasteiger partial charge in [-0.05, 0) is 44.2 Å². The molecule has 0 heterocycles. The summed E-state index contributed by atoms with van der Waals surface area (Å²) < 4.78 is 5.80. The van der Waals surface area contributed by atoms with Crippen molar-refractivity contribution in [3.05, 3.63) is 30.3 Å². The Morgan fingerprint density at radius 1 is 1.19 bits per heavy atom. The third-order valence-corrected chi connectivity index (χ3v) is 3.71. The van der Waals surface area contributed by atoms with Crippen LogP contribution >= 0.6 is 0 Å². The van der Waals surface area contributed by atoms with Gasteiger partial charge in [-0.15, -0.1) is 0 Å². The van der Waals surface area contributed by atoms with E-state index < -0.39 is 0 Å². The van der Waals surface area contributed by atoms with E-state index in [-0.39, 0.29) is 6.03 Å². The van der Waals surface area contributed by atoms with E-state index in [4.69, 9.17) is 10.5 Å². The molecule has 5 nitrogen and oxygen atoms in total. The van der Waals surface area contributed by atoms with Gasteiger partial charge in [0.1, 0.15) is 0 Å². The van der Waals surface area contributed by atoms with E-state index in [2.05, 4.69) is 10.6 Å². The molecule has 0 radical (unpaired) electrons. The van der Waals surface area contributed by atoms with Gasteiger partial charge in [-0.1, -0.05) is 18.2 Å². The highest BCUT2D eigenvalue weighted by Crippen LogP contribution is 2.19. The molecule has 0 spiro atoms. The highest BCUT2D eigenvalue weighted by Gasteiger charge is 2.18. The van der Waals surface area contributed by atoms with Gasteiger partial charge in [-0.25, -0.2) is 4.79 Å².